The van der Waals surface area contributed by atoms with Crippen molar-refractivity contribution in [2.45, 2.75) is 6.42 Å². The zero-order chi connectivity index (χ0) is 12.3. The van der Waals surface area contributed by atoms with Crippen LogP contribution in [0.4, 0.5) is 4.39 Å². The number of hydrogen-bond donors (Lipinski definition) is 0. The van der Waals surface area contributed by atoms with E-state index in [1.807, 2.05) is 0 Å². The Bertz CT molecular complexity index is 382. The van der Waals surface area contributed by atoms with Crippen molar-refractivity contribution in [1.29, 1.82) is 0 Å². The number of nitrogens with zero attached hydrogens (tertiary/aromatic N) is 1. The summed E-state index contributed by atoms with van der Waals surface area (Å²) in [6.45, 7) is 2.00. The fourth-order valence-electron chi connectivity index (χ4n) is 2.07. The maximum absolute atomic E-state index is 13.6. The summed E-state index contributed by atoms with van der Waals surface area (Å²) in [6.07, 6.45) is 4.52. The van der Waals surface area contributed by atoms with Gasteiger partial charge in [0.1, 0.15) is 12.1 Å². The maximum Gasteiger partial charge on any atom is 0.127 e. The van der Waals surface area contributed by atoms with E-state index in [1.165, 1.54) is 6.08 Å². The average molecular weight is 257 g/mol. The Morgan fingerprint density at radius 3 is 2.82 bits per heavy atom. The van der Waals surface area contributed by atoms with Crippen LogP contribution in [0.1, 0.15) is 6.42 Å². The van der Waals surface area contributed by atoms with Crippen molar-refractivity contribution in [1.82, 2.24) is 4.90 Å². The molecule has 0 N–H and O–H groups in total. The van der Waals surface area contributed by atoms with Crippen molar-refractivity contribution in [3.8, 4) is 0 Å². The number of rotatable bonds is 3. The molecule has 0 radical (unpaired) electrons. The lowest BCUT2D eigenvalue weighted by atomic mass is 9.96. The Hall–Kier alpha value is -0.810. The molecule has 94 valence electrons. The Kier molecular flexibility index (Phi) is 4.23. The molecule has 0 saturated carbocycles. The van der Waals surface area contributed by atoms with Gasteiger partial charge in [-0.05, 0) is 18.1 Å². The van der Waals surface area contributed by atoms with Crippen molar-refractivity contribution in [2.75, 3.05) is 31.1 Å². The van der Waals surface area contributed by atoms with Crippen LogP contribution in [0.25, 0.3) is 0 Å². The molecule has 5 heteroatoms. The van der Waals surface area contributed by atoms with Gasteiger partial charge in [-0.1, -0.05) is 6.08 Å². The van der Waals surface area contributed by atoms with Crippen LogP contribution in [0, 0.1) is 5.92 Å². The van der Waals surface area contributed by atoms with E-state index in [9.17, 15) is 13.4 Å². The third-order valence-corrected chi connectivity index (χ3v) is 4.41. The third kappa shape index (κ3) is 3.33. The van der Waals surface area contributed by atoms with Crippen molar-refractivity contribution in [3.05, 3.63) is 23.6 Å². The van der Waals surface area contributed by atoms with Gasteiger partial charge in [0, 0.05) is 47.9 Å². The first-order valence-electron chi connectivity index (χ1n) is 5.78. The summed E-state index contributed by atoms with van der Waals surface area (Å²) in [5.41, 5.74) is 0.598. The van der Waals surface area contributed by atoms with E-state index in [-0.39, 0.29) is 11.7 Å². The molecule has 1 unspecified atom stereocenters. The van der Waals surface area contributed by atoms with Crippen molar-refractivity contribution < 1.29 is 13.4 Å². The van der Waals surface area contributed by atoms with Crippen LogP contribution in [-0.2, 0) is 15.6 Å². The first-order chi connectivity index (χ1) is 8.19. The second-order valence-corrected chi connectivity index (χ2v) is 6.10. The minimum Gasteiger partial charge on any atom is -0.303 e. The molecule has 1 aliphatic carbocycles. The SMILES string of the molecule is O=CC1C=C(CN2CCS(=O)CC2)C(F)=CC1. The Morgan fingerprint density at radius 2 is 2.18 bits per heavy atom. The van der Waals surface area contributed by atoms with Crippen LogP contribution in [0.5, 0.6) is 0 Å². The van der Waals surface area contributed by atoms with Gasteiger partial charge in [0.15, 0.2) is 0 Å². The van der Waals surface area contributed by atoms with Gasteiger partial charge in [-0.15, -0.1) is 0 Å². The normalized spacial score (nSPS) is 27.5. The van der Waals surface area contributed by atoms with E-state index >= 15 is 0 Å². The Labute approximate surface area is 103 Å². The summed E-state index contributed by atoms with van der Waals surface area (Å²) in [4.78, 5) is 12.8. The fourth-order valence-corrected chi connectivity index (χ4v) is 3.20. The second-order valence-electron chi connectivity index (χ2n) is 4.40. The quantitative estimate of drug-likeness (QED) is 0.709. The molecule has 0 spiro atoms. The Morgan fingerprint density at radius 1 is 1.47 bits per heavy atom. The van der Waals surface area contributed by atoms with E-state index in [4.69, 9.17) is 0 Å². The van der Waals surface area contributed by atoms with Crippen LogP contribution in [0.3, 0.4) is 0 Å². The van der Waals surface area contributed by atoms with Crippen LogP contribution in [0.2, 0.25) is 0 Å². The van der Waals surface area contributed by atoms with Gasteiger partial charge in [0.25, 0.3) is 0 Å². The molecule has 1 heterocycles. The van der Waals surface area contributed by atoms with Gasteiger partial charge in [-0.2, -0.15) is 0 Å². The van der Waals surface area contributed by atoms with Crippen molar-refractivity contribution >= 4 is 17.1 Å². The minimum absolute atomic E-state index is 0.191. The van der Waals surface area contributed by atoms with Gasteiger partial charge in [-0.25, -0.2) is 4.39 Å². The average Bonchev–Trinajstić information content (AvgIpc) is 2.35. The van der Waals surface area contributed by atoms with Crippen LogP contribution >= 0.6 is 0 Å². The van der Waals surface area contributed by atoms with E-state index in [0.717, 1.165) is 19.4 Å². The Balaban J connectivity index is 1.97. The summed E-state index contributed by atoms with van der Waals surface area (Å²) in [5, 5.41) is 0. The van der Waals surface area contributed by atoms with Gasteiger partial charge in [-0.3, -0.25) is 9.11 Å². The molecule has 0 aromatic rings. The van der Waals surface area contributed by atoms with Crippen LogP contribution < -0.4 is 0 Å². The lowest BCUT2D eigenvalue weighted by Crippen LogP contribution is -2.39. The summed E-state index contributed by atoms with van der Waals surface area (Å²) in [5.74, 6) is 0.920. The zero-order valence-corrected chi connectivity index (χ0v) is 10.4. The number of allylic oxidation sites excluding steroid dienone is 2. The fraction of sp³-hybridized carbons (Fsp3) is 0.583. The summed E-state index contributed by atoms with van der Waals surface area (Å²) in [6, 6.07) is 0. The lowest BCUT2D eigenvalue weighted by molar-refractivity contribution is -0.109. The van der Waals surface area contributed by atoms with Gasteiger partial charge < -0.3 is 4.79 Å². The smallest absolute Gasteiger partial charge is 0.127 e. The highest BCUT2D eigenvalue weighted by Gasteiger charge is 2.20. The largest absolute Gasteiger partial charge is 0.303 e. The van der Waals surface area contributed by atoms with Gasteiger partial charge in [0.05, 0.1) is 0 Å². The topological polar surface area (TPSA) is 37.4 Å². The molecule has 1 aliphatic heterocycles. The van der Waals surface area contributed by atoms with Crippen LogP contribution in [0.15, 0.2) is 23.6 Å². The zero-order valence-electron chi connectivity index (χ0n) is 9.60. The number of aldehydes is 1. The van der Waals surface area contributed by atoms with Gasteiger partial charge >= 0.3 is 0 Å². The molecule has 2 aliphatic rings. The molecular weight excluding hydrogens is 241 g/mol. The number of carbonyl (C=O) groups is 1. The van der Waals surface area contributed by atoms with Crippen molar-refractivity contribution in [2.24, 2.45) is 5.92 Å². The molecule has 1 fully saturated rings. The molecule has 3 nitrogen and oxygen atoms in total. The molecule has 0 aromatic heterocycles. The summed E-state index contributed by atoms with van der Waals surface area (Å²) in [7, 11) is -0.710. The third-order valence-electron chi connectivity index (χ3n) is 3.13. The molecule has 0 bridgehead atoms. The minimum atomic E-state index is -0.710. The van der Waals surface area contributed by atoms with Crippen LogP contribution in [-0.4, -0.2) is 46.5 Å². The van der Waals surface area contributed by atoms with E-state index in [2.05, 4.69) is 4.90 Å². The highest BCUT2D eigenvalue weighted by molar-refractivity contribution is 7.85. The monoisotopic (exact) mass is 257 g/mol. The second kappa shape index (κ2) is 5.69. The highest BCUT2D eigenvalue weighted by Crippen LogP contribution is 2.24. The number of carbonyl (C=O) groups excluding carboxylic acids is 1. The molecule has 1 saturated heterocycles. The molecule has 0 amide bonds. The van der Waals surface area contributed by atoms with Crippen molar-refractivity contribution in [3.63, 3.8) is 0 Å². The van der Waals surface area contributed by atoms with Gasteiger partial charge in [0.2, 0.25) is 0 Å². The number of halogens is 1. The predicted octanol–water partition coefficient (Wildman–Crippen LogP) is 1.05. The first-order valence-corrected chi connectivity index (χ1v) is 7.27. The lowest BCUT2D eigenvalue weighted by Gasteiger charge is -2.27. The molecular formula is C12H16FNO2S. The first kappa shape index (κ1) is 12.6. The standard InChI is InChI=1S/C12H16FNO2S/c13-12-2-1-10(9-15)7-11(12)8-14-3-5-17(16)6-4-14/h2,7,9-10H,1,3-6,8H2. The molecule has 2 rings (SSSR count). The summed E-state index contributed by atoms with van der Waals surface area (Å²) >= 11 is 0. The molecule has 1 atom stereocenters. The summed E-state index contributed by atoms with van der Waals surface area (Å²) < 4.78 is 24.8. The predicted molar refractivity (Wildman–Crippen MR) is 65.8 cm³/mol. The van der Waals surface area contributed by atoms with E-state index < -0.39 is 10.8 Å². The maximum atomic E-state index is 13.6. The van der Waals surface area contributed by atoms with E-state index in [0.29, 0.717) is 30.0 Å². The molecule has 17 heavy (non-hydrogen) atoms. The number of hydrogen-bond acceptors (Lipinski definition) is 3. The molecule has 0 aromatic carbocycles. The highest BCUT2D eigenvalue weighted by atomic mass is 32.2. The van der Waals surface area contributed by atoms with E-state index in [1.54, 1.807) is 6.08 Å².